The highest BCUT2D eigenvalue weighted by molar-refractivity contribution is 5.45. The Morgan fingerprint density at radius 3 is 2.80 bits per heavy atom. The largest absolute Gasteiger partial charge is 0.493 e. The molecule has 0 spiro atoms. The monoisotopic (exact) mass is 276 g/mol. The SMILES string of the molecule is OC(Cc1ccc(F)c(F)c1)c1cccc2c1OCC2. The quantitative estimate of drug-likeness (QED) is 0.933. The average molecular weight is 276 g/mol. The maximum absolute atomic E-state index is 13.2. The van der Waals surface area contributed by atoms with Gasteiger partial charge in [-0.1, -0.05) is 24.3 Å². The van der Waals surface area contributed by atoms with Gasteiger partial charge in [-0.2, -0.15) is 0 Å². The molecule has 0 saturated carbocycles. The van der Waals surface area contributed by atoms with Crippen LogP contribution in [-0.4, -0.2) is 11.7 Å². The first-order valence-electron chi connectivity index (χ1n) is 6.52. The summed E-state index contributed by atoms with van der Waals surface area (Å²) in [6.07, 6.45) is 0.255. The highest BCUT2D eigenvalue weighted by atomic mass is 19.2. The molecule has 0 saturated heterocycles. The first kappa shape index (κ1) is 13.1. The second kappa shape index (κ2) is 5.21. The molecule has 4 heteroatoms. The van der Waals surface area contributed by atoms with E-state index in [1.807, 2.05) is 12.1 Å². The topological polar surface area (TPSA) is 29.5 Å². The van der Waals surface area contributed by atoms with Crippen LogP contribution >= 0.6 is 0 Å². The molecule has 1 aliphatic rings. The Kier molecular flexibility index (Phi) is 3.40. The standard InChI is InChI=1S/C16H14F2O2/c17-13-5-4-10(8-14(13)18)9-15(19)12-3-1-2-11-6-7-20-16(11)12/h1-5,8,15,19H,6-7,9H2. The number of aliphatic hydroxyl groups is 1. The predicted octanol–water partition coefficient (Wildman–Crippen LogP) is 3.18. The zero-order valence-corrected chi connectivity index (χ0v) is 10.8. The summed E-state index contributed by atoms with van der Waals surface area (Å²) in [5, 5.41) is 10.3. The molecule has 1 aliphatic heterocycles. The van der Waals surface area contributed by atoms with E-state index in [0.717, 1.165) is 29.9 Å². The molecule has 0 radical (unpaired) electrons. The van der Waals surface area contributed by atoms with Gasteiger partial charge in [0.05, 0.1) is 12.7 Å². The number of ether oxygens (including phenoxy) is 1. The van der Waals surface area contributed by atoms with Gasteiger partial charge >= 0.3 is 0 Å². The minimum Gasteiger partial charge on any atom is -0.493 e. The van der Waals surface area contributed by atoms with Gasteiger partial charge in [-0.15, -0.1) is 0 Å². The summed E-state index contributed by atoms with van der Waals surface area (Å²) < 4.78 is 31.6. The van der Waals surface area contributed by atoms with Gasteiger partial charge in [0.15, 0.2) is 11.6 Å². The number of rotatable bonds is 3. The van der Waals surface area contributed by atoms with Crippen molar-refractivity contribution in [3.63, 3.8) is 0 Å². The molecule has 3 rings (SSSR count). The molecule has 0 aromatic heterocycles. The number of para-hydroxylation sites is 1. The van der Waals surface area contributed by atoms with Crippen LogP contribution in [-0.2, 0) is 12.8 Å². The van der Waals surface area contributed by atoms with E-state index in [9.17, 15) is 13.9 Å². The third-order valence-corrected chi connectivity index (χ3v) is 3.52. The number of hydrogen-bond donors (Lipinski definition) is 1. The lowest BCUT2D eigenvalue weighted by Crippen LogP contribution is -2.04. The molecule has 2 aromatic rings. The molecule has 1 unspecified atom stereocenters. The van der Waals surface area contributed by atoms with Crippen LogP contribution in [0.4, 0.5) is 8.78 Å². The van der Waals surface area contributed by atoms with Crippen molar-refractivity contribution in [2.75, 3.05) is 6.61 Å². The smallest absolute Gasteiger partial charge is 0.159 e. The van der Waals surface area contributed by atoms with Crippen LogP contribution in [0.25, 0.3) is 0 Å². The number of halogens is 2. The summed E-state index contributed by atoms with van der Waals surface area (Å²) in [5.41, 5.74) is 2.32. The Hall–Kier alpha value is -1.94. The van der Waals surface area contributed by atoms with Gasteiger partial charge in [-0.3, -0.25) is 0 Å². The lowest BCUT2D eigenvalue weighted by molar-refractivity contribution is 0.173. The molecular weight excluding hydrogens is 262 g/mol. The number of benzene rings is 2. The Morgan fingerprint density at radius 2 is 2.00 bits per heavy atom. The highest BCUT2D eigenvalue weighted by Crippen LogP contribution is 2.34. The molecule has 2 aromatic carbocycles. The van der Waals surface area contributed by atoms with E-state index in [4.69, 9.17) is 4.74 Å². The maximum Gasteiger partial charge on any atom is 0.159 e. The van der Waals surface area contributed by atoms with Crippen molar-refractivity contribution in [3.05, 3.63) is 64.7 Å². The first-order valence-corrected chi connectivity index (χ1v) is 6.52. The van der Waals surface area contributed by atoms with Gasteiger partial charge in [0.1, 0.15) is 5.75 Å². The first-order chi connectivity index (χ1) is 9.65. The van der Waals surface area contributed by atoms with Gasteiger partial charge in [0.25, 0.3) is 0 Å². The molecular formula is C16H14F2O2. The fourth-order valence-electron chi connectivity index (χ4n) is 2.50. The molecule has 1 atom stereocenters. The van der Waals surface area contributed by atoms with Gasteiger partial charge in [0, 0.05) is 18.4 Å². The van der Waals surface area contributed by atoms with Gasteiger partial charge in [-0.05, 0) is 23.3 Å². The predicted molar refractivity (Wildman–Crippen MR) is 70.7 cm³/mol. The minimum absolute atomic E-state index is 0.219. The van der Waals surface area contributed by atoms with Gasteiger partial charge < -0.3 is 9.84 Å². The van der Waals surface area contributed by atoms with Crippen LogP contribution < -0.4 is 4.74 Å². The number of fused-ring (bicyclic) bond motifs is 1. The van der Waals surface area contributed by atoms with Crippen molar-refractivity contribution in [1.29, 1.82) is 0 Å². The second-order valence-electron chi connectivity index (χ2n) is 4.90. The molecule has 104 valence electrons. The van der Waals surface area contributed by atoms with Crippen molar-refractivity contribution in [1.82, 2.24) is 0 Å². The fourth-order valence-corrected chi connectivity index (χ4v) is 2.50. The summed E-state index contributed by atoms with van der Waals surface area (Å²) >= 11 is 0. The Morgan fingerprint density at radius 1 is 1.15 bits per heavy atom. The highest BCUT2D eigenvalue weighted by Gasteiger charge is 2.21. The molecule has 1 heterocycles. The van der Waals surface area contributed by atoms with E-state index in [2.05, 4.69) is 0 Å². The average Bonchev–Trinajstić information content (AvgIpc) is 2.91. The van der Waals surface area contributed by atoms with E-state index >= 15 is 0 Å². The zero-order valence-electron chi connectivity index (χ0n) is 10.8. The van der Waals surface area contributed by atoms with E-state index in [1.165, 1.54) is 6.07 Å². The summed E-state index contributed by atoms with van der Waals surface area (Å²) in [4.78, 5) is 0. The lowest BCUT2D eigenvalue weighted by atomic mass is 9.98. The number of hydrogen-bond acceptors (Lipinski definition) is 2. The normalized spacial score (nSPS) is 14.8. The van der Waals surface area contributed by atoms with Crippen molar-refractivity contribution in [2.24, 2.45) is 0 Å². The Labute approximate surface area is 115 Å². The van der Waals surface area contributed by atoms with Crippen molar-refractivity contribution < 1.29 is 18.6 Å². The molecule has 0 fully saturated rings. The summed E-state index contributed by atoms with van der Waals surface area (Å²) in [7, 11) is 0. The third-order valence-electron chi connectivity index (χ3n) is 3.52. The molecule has 1 N–H and O–H groups in total. The van der Waals surface area contributed by atoms with Gasteiger partial charge in [0.2, 0.25) is 0 Å². The lowest BCUT2D eigenvalue weighted by Gasteiger charge is -2.14. The summed E-state index contributed by atoms with van der Waals surface area (Å²) in [6.45, 7) is 0.615. The molecule has 20 heavy (non-hydrogen) atoms. The fraction of sp³-hybridized carbons (Fsp3) is 0.250. The minimum atomic E-state index is -0.899. The van der Waals surface area contributed by atoms with Crippen molar-refractivity contribution in [2.45, 2.75) is 18.9 Å². The van der Waals surface area contributed by atoms with Crippen molar-refractivity contribution >= 4 is 0 Å². The van der Waals surface area contributed by atoms with Crippen molar-refractivity contribution in [3.8, 4) is 5.75 Å². The summed E-state index contributed by atoms with van der Waals surface area (Å²) in [6, 6.07) is 9.31. The van der Waals surface area contributed by atoms with E-state index < -0.39 is 17.7 Å². The number of aliphatic hydroxyl groups excluding tert-OH is 1. The van der Waals surface area contributed by atoms with E-state index in [-0.39, 0.29) is 6.42 Å². The van der Waals surface area contributed by atoms with Crippen LogP contribution in [0.3, 0.4) is 0 Å². The van der Waals surface area contributed by atoms with Gasteiger partial charge in [-0.25, -0.2) is 8.78 Å². The third kappa shape index (κ3) is 2.39. The van der Waals surface area contributed by atoms with E-state index in [1.54, 1.807) is 6.07 Å². The maximum atomic E-state index is 13.2. The molecule has 2 nitrogen and oxygen atoms in total. The van der Waals surface area contributed by atoms with Crippen LogP contribution in [0.1, 0.15) is 22.8 Å². The molecule has 0 amide bonds. The van der Waals surface area contributed by atoms with Crippen LogP contribution in [0.2, 0.25) is 0 Å². The second-order valence-corrected chi connectivity index (χ2v) is 4.90. The molecule has 0 bridgehead atoms. The van der Waals surface area contributed by atoms with Crippen LogP contribution in [0, 0.1) is 11.6 Å². The summed E-state index contributed by atoms with van der Waals surface area (Å²) in [5.74, 6) is -1.06. The van der Waals surface area contributed by atoms with E-state index in [0.29, 0.717) is 17.7 Å². The zero-order chi connectivity index (χ0) is 14.1. The molecule has 0 aliphatic carbocycles. The van der Waals surface area contributed by atoms with Crippen LogP contribution in [0.15, 0.2) is 36.4 Å². The van der Waals surface area contributed by atoms with Crippen LogP contribution in [0.5, 0.6) is 5.75 Å². The Bertz CT molecular complexity index is 640. The Balaban J connectivity index is 1.84.